The van der Waals surface area contributed by atoms with Gasteiger partial charge in [0.2, 0.25) is 5.91 Å². The van der Waals surface area contributed by atoms with Crippen LogP contribution in [0.25, 0.3) is 0 Å². The number of nitrogens with one attached hydrogen (secondary N) is 2. The minimum Gasteiger partial charge on any atom is -0.452 e. The number of esters is 1. The normalized spacial score (nSPS) is 13.1. The fourth-order valence-electron chi connectivity index (χ4n) is 2.83. The zero-order chi connectivity index (χ0) is 20.8. The summed E-state index contributed by atoms with van der Waals surface area (Å²) >= 11 is 5.75. The average Bonchev–Trinajstić information content (AvgIpc) is 3.16. The van der Waals surface area contributed by atoms with Crippen LogP contribution in [-0.2, 0) is 14.3 Å². The van der Waals surface area contributed by atoms with Crippen molar-refractivity contribution in [2.45, 2.75) is 12.8 Å². The molecule has 3 amide bonds. The number of para-hydroxylation sites is 1. The summed E-state index contributed by atoms with van der Waals surface area (Å²) < 4.78 is 5.02. The molecular formula is C20H18ClN3O5. The molecule has 8 nitrogen and oxygen atoms in total. The van der Waals surface area contributed by atoms with Gasteiger partial charge in [-0.15, -0.1) is 0 Å². The van der Waals surface area contributed by atoms with Gasteiger partial charge in [-0.3, -0.25) is 25.2 Å². The van der Waals surface area contributed by atoms with E-state index in [1.54, 1.807) is 30.3 Å². The van der Waals surface area contributed by atoms with Crippen molar-refractivity contribution >= 4 is 41.0 Å². The van der Waals surface area contributed by atoms with E-state index in [0.29, 0.717) is 29.2 Å². The highest BCUT2D eigenvalue weighted by atomic mass is 35.5. The number of benzene rings is 2. The van der Waals surface area contributed by atoms with E-state index in [1.807, 2.05) is 0 Å². The van der Waals surface area contributed by atoms with E-state index in [4.69, 9.17) is 16.3 Å². The average molecular weight is 416 g/mol. The maximum atomic E-state index is 12.4. The maximum absolute atomic E-state index is 12.4. The van der Waals surface area contributed by atoms with Gasteiger partial charge in [-0.1, -0.05) is 23.7 Å². The molecule has 0 aliphatic carbocycles. The molecule has 0 bridgehead atoms. The number of anilines is 1. The molecule has 1 aliphatic rings. The first-order valence-electron chi connectivity index (χ1n) is 8.87. The van der Waals surface area contributed by atoms with Crippen LogP contribution in [-0.4, -0.2) is 36.8 Å². The Balaban J connectivity index is 1.53. The Hall–Kier alpha value is -3.39. The Kier molecular flexibility index (Phi) is 6.46. The number of carbonyl (C=O) groups excluding carboxylic acids is 4. The number of rotatable bonds is 5. The molecular weight excluding hydrogens is 398 g/mol. The Morgan fingerprint density at radius 1 is 1.03 bits per heavy atom. The summed E-state index contributed by atoms with van der Waals surface area (Å²) in [6.07, 6.45) is 1.15. The number of ether oxygens (including phenoxy) is 1. The highest BCUT2D eigenvalue weighted by molar-refractivity contribution is 6.30. The van der Waals surface area contributed by atoms with Crippen molar-refractivity contribution in [3.8, 4) is 0 Å². The van der Waals surface area contributed by atoms with Crippen LogP contribution in [0.2, 0.25) is 5.02 Å². The van der Waals surface area contributed by atoms with Gasteiger partial charge in [0.05, 0.1) is 11.3 Å². The molecule has 1 saturated heterocycles. The van der Waals surface area contributed by atoms with Gasteiger partial charge in [-0.05, 0) is 42.8 Å². The van der Waals surface area contributed by atoms with E-state index in [1.165, 1.54) is 23.1 Å². The van der Waals surface area contributed by atoms with Crippen LogP contribution in [0.15, 0.2) is 48.5 Å². The van der Waals surface area contributed by atoms with E-state index in [2.05, 4.69) is 10.9 Å². The summed E-state index contributed by atoms with van der Waals surface area (Å²) in [4.78, 5) is 49.7. The molecule has 2 N–H and O–H groups in total. The molecule has 29 heavy (non-hydrogen) atoms. The quantitative estimate of drug-likeness (QED) is 0.574. The van der Waals surface area contributed by atoms with Crippen molar-refractivity contribution < 1.29 is 23.9 Å². The molecule has 0 radical (unpaired) electrons. The molecule has 1 heterocycles. The molecule has 2 aromatic carbocycles. The standard InChI is InChI=1S/C20H18ClN3O5/c21-14-9-7-13(8-10-14)19(27)23-22-17(25)12-29-20(28)15-4-1-2-5-16(15)24-11-3-6-18(24)26/h1-2,4-5,7-10H,3,6,11-12H2,(H,22,25)(H,23,27). The summed E-state index contributed by atoms with van der Waals surface area (Å²) in [5.41, 5.74) is 5.34. The third kappa shape index (κ3) is 5.11. The van der Waals surface area contributed by atoms with Crippen LogP contribution in [0.3, 0.4) is 0 Å². The molecule has 9 heteroatoms. The third-order valence-corrected chi connectivity index (χ3v) is 4.50. The molecule has 1 fully saturated rings. The molecule has 1 aliphatic heterocycles. The lowest BCUT2D eigenvalue weighted by Crippen LogP contribution is -2.43. The van der Waals surface area contributed by atoms with Crippen LogP contribution < -0.4 is 15.8 Å². The lowest BCUT2D eigenvalue weighted by Gasteiger charge is -2.18. The molecule has 0 aromatic heterocycles. The monoisotopic (exact) mass is 415 g/mol. The van der Waals surface area contributed by atoms with Crippen molar-refractivity contribution in [1.29, 1.82) is 0 Å². The Morgan fingerprint density at radius 2 is 1.76 bits per heavy atom. The second kappa shape index (κ2) is 9.20. The van der Waals surface area contributed by atoms with E-state index < -0.39 is 24.4 Å². The van der Waals surface area contributed by atoms with Crippen LogP contribution in [0.1, 0.15) is 33.6 Å². The largest absolute Gasteiger partial charge is 0.452 e. The predicted molar refractivity (Wildman–Crippen MR) is 105 cm³/mol. The second-order valence-electron chi connectivity index (χ2n) is 6.25. The van der Waals surface area contributed by atoms with Crippen LogP contribution in [0, 0.1) is 0 Å². The third-order valence-electron chi connectivity index (χ3n) is 4.24. The number of halogens is 1. The van der Waals surface area contributed by atoms with Gasteiger partial charge in [-0.25, -0.2) is 4.79 Å². The topological polar surface area (TPSA) is 105 Å². The van der Waals surface area contributed by atoms with Gasteiger partial charge < -0.3 is 9.64 Å². The second-order valence-corrected chi connectivity index (χ2v) is 6.69. The molecule has 150 valence electrons. The smallest absolute Gasteiger partial charge is 0.340 e. The fourth-order valence-corrected chi connectivity index (χ4v) is 2.96. The number of nitrogens with zero attached hydrogens (tertiary/aromatic N) is 1. The summed E-state index contributed by atoms with van der Waals surface area (Å²) in [6.45, 7) is -0.0671. The number of hydrazine groups is 1. The van der Waals surface area contributed by atoms with Gasteiger partial charge in [0.15, 0.2) is 6.61 Å². The van der Waals surface area contributed by atoms with Gasteiger partial charge in [-0.2, -0.15) is 0 Å². The first-order chi connectivity index (χ1) is 14.0. The predicted octanol–water partition coefficient (Wildman–Crippen LogP) is 2.08. The van der Waals surface area contributed by atoms with Gasteiger partial charge in [0, 0.05) is 23.6 Å². The highest BCUT2D eigenvalue weighted by Gasteiger charge is 2.26. The lowest BCUT2D eigenvalue weighted by atomic mass is 10.1. The van der Waals surface area contributed by atoms with Crippen molar-refractivity contribution in [3.63, 3.8) is 0 Å². The number of amides is 3. The summed E-state index contributed by atoms with van der Waals surface area (Å²) in [7, 11) is 0. The molecule has 2 aromatic rings. The zero-order valence-electron chi connectivity index (χ0n) is 15.3. The molecule has 0 atom stereocenters. The minimum atomic E-state index is -0.737. The maximum Gasteiger partial charge on any atom is 0.340 e. The molecule has 3 rings (SSSR count). The van der Waals surface area contributed by atoms with Crippen LogP contribution in [0.5, 0.6) is 0 Å². The van der Waals surface area contributed by atoms with Crippen LogP contribution >= 0.6 is 11.6 Å². The summed E-state index contributed by atoms with van der Waals surface area (Å²) in [6, 6.07) is 12.6. The Labute approximate surface area is 171 Å². The van der Waals surface area contributed by atoms with Gasteiger partial charge in [0.25, 0.3) is 11.8 Å². The highest BCUT2D eigenvalue weighted by Crippen LogP contribution is 2.25. The zero-order valence-corrected chi connectivity index (χ0v) is 16.1. The molecule has 0 unspecified atom stereocenters. The van der Waals surface area contributed by atoms with Gasteiger partial charge in [0.1, 0.15) is 0 Å². The van der Waals surface area contributed by atoms with E-state index >= 15 is 0 Å². The Bertz CT molecular complexity index is 945. The SMILES string of the molecule is O=C(COC(=O)c1ccccc1N1CCCC1=O)NNC(=O)c1ccc(Cl)cc1. The number of hydrogen-bond acceptors (Lipinski definition) is 5. The van der Waals surface area contributed by atoms with Crippen molar-refractivity contribution in [3.05, 3.63) is 64.7 Å². The van der Waals surface area contributed by atoms with E-state index in [-0.39, 0.29) is 11.5 Å². The Morgan fingerprint density at radius 3 is 2.45 bits per heavy atom. The van der Waals surface area contributed by atoms with E-state index in [0.717, 1.165) is 6.42 Å². The fraction of sp³-hybridized carbons (Fsp3) is 0.200. The number of hydrogen-bond donors (Lipinski definition) is 2. The lowest BCUT2D eigenvalue weighted by molar-refractivity contribution is -0.125. The van der Waals surface area contributed by atoms with E-state index in [9.17, 15) is 19.2 Å². The van der Waals surface area contributed by atoms with Crippen molar-refractivity contribution in [2.75, 3.05) is 18.1 Å². The summed E-state index contributed by atoms with van der Waals surface area (Å²) in [5.74, 6) is -2.05. The van der Waals surface area contributed by atoms with Crippen LogP contribution in [0.4, 0.5) is 5.69 Å². The molecule has 0 saturated carbocycles. The van der Waals surface area contributed by atoms with Crippen molar-refractivity contribution in [1.82, 2.24) is 10.9 Å². The van der Waals surface area contributed by atoms with Crippen molar-refractivity contribution in [2.24, 2.45) is 0 Å². The number of carbonyl (C=O) groups is 4. The minimum absolute atomic E-state index is 0.0621. The first-order valence-corrected chi connectivity index (χ1v) is 9.25. The summed E-state index contributed by atoms with van der Waals surface area (Å²) in [5, 5.41) is 0.480. The first kappa shape index (κ1) is 20.3. The van der Waals surface area contributed by atoms with Gasteiger partial charge >= 0.3 is 5.97 Å². The molecule has 0 spiro atoms.